The molecule has 1 heterocycles. The van der Waals surface area contributed by atoms with Crippen molar-refractivity contribution in [2.24, 2.45) is 0 Å². The van der Waals surface area contributed by atoms with E-state index in [1.165, 1.54) is 12.1 Å². The van der Waals surface area contributed by atoms with E-state index in [1.54, 1.807) is 0 Å². The first-order valence-electron chi connectivity index (χ1n) is 5.69. The molecule has 0 amide bonds. The molecule has 0 aliphatic heterocycles. The van der Waals surface area contributed by atoms with Crippen LogP contribution in [0.25, 0.3) is 0 Å². The molecule has 0 aliphatic carbocycles. The molecule has 0 radical (unpaired) electrons. The van der Waals surface area contributed by atoms with Gasteiger partial charge in [0, 0.05) is 12.7 Å². The first-order chi connectivity index (χ1) is 8.99. The van der Waals surface area contributed by atoms with E-state index in [-0.39, 0.29) is 10.7 Å². The molecule has 0 saturated carbocycles. The van der Waals surface area contributed by atoms with Gasteiger partial charge in [-0.3, -0.25) is 0 Å². The Morgan fingerprint density at radius 1 is 1.32 bits per heavy atom. The Bertz CT molecular complexity index is 629. The van der Waals surface area contributed by atoms with Crippen LogP contribution < -0.4 is 4.90 Å². The lowest BCUT2D eigenvalue weighted by Gasteiger charge is -2.20. The number of hydrogen-bond donors (Lipinski definition) is 1. The normalized spacial score (nSPS) is 10.3. The Hall–Kier alpha value is -2.07. The average molecular weight is 277 g/mol. The molecule has 98 valence electrons. The van der Waals surface area contributed by atoms with Gasteiger partial charge in [0.25, 0.3) is 0 Å². The summed E-state index contributed by atoms with van der Waals surface area (Å²) in [6.07, 6.45) is 0. The quantitative estimate of drug-likeness (QED) is 0.872. The van der Waals surface area contributed by atoms with Gasteiger partial charge in [0.1, 0.15) is 11.0 Å². The van der Waals surface area contributed by atoms with Gasteiger partial charge in [-0.25, -0.2) is 9.78 Å². The Morgan fingerprint density at radius 2 is 2.00 bits per heavy atom. The fraction of sp³-hybridized carbons (Fsp3) is 0.143. The maximum absolute atomic E-state index is 11.0. The number of nitrogens with zero attached hydrogens (tertiary/aromatic N) is 2. The zero-order chi connectivity index (χ0) is 14.0. The molecule has 4 nitrogen and oxygen atoms in total. The summed E-state index contributed by atoms with van der Waals surface area (Å²) in [6.45, 7) is 1.98. The van der Waals surface area contributed by atoms with Crippen LogP contribution in [0.15, 0.2) is 36.4 Å². The number of aromatic nitrogens is 1. The molecule has 1 N–H and O–H groups in total. The van der Waals surface area contributed by atoms with Gasteiger partial charge in [0.2, 0.25) is 0 Å². The van der Waals surface area contributed by atoms with Crippen molar-refractivity contribution < 1.29 is 9.90 Å². The molecule has 19 heavy (non-hydrogen) atoms. The summed E-state index contributed by atoms with van der Waals surface area (Å²) in [5, 5.41) is 9.20. The number of carboxylic acid groups (broad SMARTS) is 1. The third kappa shape index (κ3) is 2.85. The summed E-state index contributed by atoms with van der Waals surface area (Å²) in [6, 6.07) is 10.6. The van der Waals surface area contributed by atoms with E-state index in [4.69, 9.17) is 16.7 Å². The number of para-hydroxylation sites is 1. The van der Waals surface area contributed by atoms with Crippen molar-refractivity contribution >= 4 is 29.1 Å². The largest absolute Gasteiger partial charge is 0.478 e. The van der Waals surface area contributed by atoms with Crippen LogP contribution in [0.2, 0.25) is 5.15 Å². The minimum Gasteiger partial charge on any atom is -0.478 e. The summed E-state index contributed by atoms with van der Waals surface area (Å²) in [5.41, 5.74) is 2.15. The van der Waals surface area contributed by atoms with Crippen molar-refractivity contribution in [1.29, 1.82) is 0 Å². The highest BCUT2D eigenvalue weighted by molar-refractivity contribution is 6.29. The van der Waals surface area contributed by atoms with Crippen LogP contribution in [-0.2, 0) is 0 Å². The predicted molar refractivity (Wildman–Crippen MR) is 75.4 cm³/mol. The summed E-state index contributed by atoms with van der Waals surface area (Å²) in [7, 11) is 1.83. The van der Waals surface area contributed by atoms with Crippen molar-refractivity contribution in [3.8, 4) is 0 Å². The molecular formula is C14H13ClN2O2. The lowest BCUT2D eigenvalue weighted by Crippen LogP contribution is -2.13. The number of hydrogen-bond acceptors (Lipinski definition) is 3. The van der Waals surface area contributed by atoms with Gasteiger partial charge in [-0.1, -0.05) is 29.8 Å². The molecule has 0 aliphatic rings. The van der Waals surface area contributed by atoms with Crippen molar-refractivity contribution in [1.82, 2.24) is 4.98 Å². The van der Waals surface area contributed by atoms with Crippen LogP contribution in [0.1, 0.15) is 15.9 Å². The summed E-state index contributed by atoms with van der Waals surface area (Å²) >= 11 is 5.86. The first kappa shape index (κ1) is 13.4. The van der Waals surface area contributed by atoms with E-state index in [2.05, 4.69) is 4.98 Å². The number of anilines is 2. The zero-order valence-electron chi connectivity index (χ0n) is 10.6. The Morgan fingerprint density at radius 3 is 2.63 bits per heavy atom. The van der Waals surface area contributed by atoms with Gasteiger partial charge in [0.05, 0.1) is 5.56 Å². The third-order valence-electron chi connectivity index (χ3n) is 2.85. The highest BCUT2D eigenvalue weighted by Crippen LogP contribution is 2.27. The number of carbonyl (C=O) groups is 1. The molecule has 2 rings (SSSR count). The fourth-order valence-electron chi connectivity index (χ4n) is 1.84. The van der Waals surface area contributed by atoms with Gasteiger partial charge < -0.3 is 10.0 Å². The van der Waals surface area contributed by atoms with Gasteiger partial charge in [-0.15, -0.1) is 0 Å². The van der Waals surface area contributed by atoms with Crippen LogP contribution in [0.3, 0.4) is 0 Å². The third-order valence-corrected chi connectivity index (χ3v) is 3.04. The van der Waals surface area contributed by atoms with Gasteiger partial charge in [0.15, 0.2) is 0 Å². The van der Waals surface area contributed by atoms with E-state index in [0.29, 0.717) is 5.82 Å². The zero-order valence-corrected chi connectivity index (χ0v) is 11.3. The van der Waals surface area contributed by atoms with Gasteiger partial charge >= 0.3 is 5.97 Å². The number of pyridine rings is 1. The fourth-order valence-corrected chi connectivity index (χ4v) is 2.05. The van der Waals surface area contributed by atoms with Crippen LogP contribution in [-0.4, -0.2) is 23.1 Å². The van der Waals surface area contributed by atoms with Crippen LogP contribution in [0.5, 0.6) is 0 Å². The van der Waals surface area contributed by atoms with E-state index < -0.39 is 5.97 Å². The Kier molecular flexibility index (Phi) is 3.71. The van der Waals surface area contributed by atoms with E-state index in [0.717, 1.165) is 11.3 Å². The monoisotopic (exact) mass is 276 g/mol. The molecule has 5 heteroatoms. The average Bonchev–Trinajstić information content (AvgIpc) is 2.37. The Balaban J connectivity index is 2.47. The Labute approximate surface area is 116 Å². The summed E-state index contributed by atoms with van der Waals surface area (Å²) < 4.78 is 0. The van der Waals surface area contributed by atoms with Crippen molar-refractivity contribution in [3.05, 3.63) is 52.7 Å². The molecule has 0 atom stereocenters. The minimum absolute atomic E-state index is 0.121. The topological polar surface area (TPSA) is 53.4 Å². The number of aryl methyl sites for hydroxylation is 1. The van der Waals surface area contributed by atoms with E-state index in [1.807, 2.05) is 43.1 Å². The second kappa shape index (κ2) is 5.28. The molecule has 1 aromatic carbocycles. The number of halogens is 1. The number of aromatic carboxylic acids is 1. The minimum atomic E-state index is -1.02. The first-order valence-corrected chi connectivity index (χ1v) is 6.07. The molecule has 0 spiro atoms. The molecular weight excluding hydrogens is 264 g/mol. The molecule has 0 unspecified atom stereocenters. The highest BCUT2D eigenvalue weighted by Gasteiger charge is 2.12. The second-order valence-electron chi connectivity index (χ2n) is 4.19. The highest BCUT2D eigenvalue weighted by atomic mass is 35.5. The maximum atomic E-state index is 11.0. The smallest absolute Gasteiger partial charge is 0.335 e. The lowest BCUT2D eigenvalue weighted by molar-refractivity contribution is 0.0697. The standard InChI is InChI=1S/C14H13ClN2O2/c1-9-5-3-4-6-11(9)17(2)13-8-10(14(18)19)7-12(15)16-13/h3-8H,1-2H3,(H,18,19). The number of carboxylic acids is 1. The molecule has 0 saturated heterocycles. The molecule has 0 fully saturated rings. The van der Waals surface area contributed by atoms with Crippen LogP contribution >= 0.6 is 11.6 Å². The van der Waals surface area contributed by atoms with E-state index >= 15 is 0 Å². The molecule has 2 aromatic rings. The van der Waals surface area contributed by atoms with Gasteiger partial charge in [-0.2, -0.15) is 0 Å². The number of benzene rings is 1. The SMILES string of the molecule is Cc1ccccc1N(C)c1cc(C(=O)O)cc(Cl)n1. The predicted octanol–water partition coefficient (Wildman–Crippen LogP) is 3.51. The van der Waals surface area contributed by atoms with Gasteiger partial charge in [-0.05, 0) is 30.7 Å². The van der Waals surface area contributed by atoms with Crippen LogP contribution in [0, 0.1) is 6.92 Å². The maximum Gasteiger partial charge on any atom is 0.335 e. The molecule has 1 aromatic heterocycles. The lowest BCUT2D eigenvalue weighted by atomic mass is 10.2. The summed E-state index contributed by atoms with van der Waals surface area (Å²) in [4.78, 5) is 17.0. The van der Waals surface area contributed by atoms with Crippen LogP contribution in [0.4, 0.5) is 11.5 Å². The summed E-state index contributed by atoms with van der Waals surface area (Å²) in [5.74, 6) is -0.525. The van der Waals surface area contributed by atoms with Crippen molar-refractivity contribution in [2.75, 3.05) is 11.9 Å². The van der Waals surface area contributed by atoms with Crippen molar-refractivity contribution in [2.45, 2.75) is 6.92 Å². The van der Waals surface area contributed by atoms with E-state index in [9.17, 15) is 4.79 Å². The number of rotatable bonds is 3. The second-order valence-corrected chi connectivity index (χ2v) is 4.57. The van der Waals surface area contributed by atoms with Crippen molar-refractivity contribution in [3.63, 3.8) is 0 Å². The molecule has 0 bridgehead atoms.